The topological polar surface area (TPSA) is 39.2 Å². The Bertz CT molecular complexity index is 345. The maximum Gasteiger partial charge on any atom is 0.124 e. The van der Waals surface area contributed by atoms with Gasteiger partial charge in [-0.15, -0.1) is 0 Å². The Balaban J connectivity index is 1.77. The number of nitrogens with two attached hydrogens (primary N) is 1. The van der Waals surface area contributed by atoms with Gasteiger partial charge in [0.1, 0.15) is 11.5 Å². The number of furan rings is 1. The van der Waals surface area contributed by atoms with E-state index in [-0.39, 0.29) is 5.54 Å². The maximum absolute atomic E-state index is 6.12. The van der Waals surface area contributed by atoms with Gasteiger partial charge in [-0.2, -0.15) is 0 Å². The largest absolute Gasteiger partial charge is 0.464 e. The zero-order valence-corrected chi connectivity index (χ0v) is 9.17. The molecule has 2 nitrogen and oxygen atoms in total. The number of hydrogen-bond donors (Lipinski definition) is 1. The first-order valence-corrected chi connectivity index (χ1v) is 6.17. The highest BCUT2D eigenvalue weighted by atomic mass is 16.3. The molecule has 2 fully saturated rings. The van der Waals surface area contributed by atoms with E-state index in [1.54, 1.807) is 0 Å². The normalized spacial score (nSPS) is 25.4. The van der Waals surface area contributed by atoms with Crippen LogP contribution in [0.4, 0.5) is 0 Å². The van der Waals surface area contributed by atoms with E-state index in [9.17, 15) is 0 Å². The van der Waals surface area contributed by atoms with Gasteiger partial charge in [-0.3, -0.25) is 0 Å². The molecule has 15 heavy (non-hydrogen) atoms. The smallest absolute Gasteiger partial charge is 0.124 e. The fraction of sp³-hybridized carbons (Fsp3) is 0.692. The number of rotatable bonds is 2. The van der Waals surface area contributed by atoms with E-state index in [2.05, 4.69) is 12.1 Å². The average molecular weight is 205 g/mol. The van der Waals surface area contributed by atoms with Crippen LogP contribution in [0.3, 0.4) is 0 Å². The van der Waals surface area contributed by atoms with Crippen LogP contribution in [0.2, 0.25) is 0 Å². The molecule has 82 valence electrons. The van der Waals surface area contributed by atoms with Crippen molar-refractivity contribution >= 4 is 0 Å². The lowest BCUT2D eigenvalue weighted by atomic mass is 9.88. The second kappa shape index (κ2) is 3.38. The summed E-state index contributed by atoms with van der Waals surface area (Å²) >= 11 is 0. The first kappa shape index (κ1) is 9.46. The molecular formula is C13H19NO. The molecule has 0 aromatic carbocycles. The summed E-state index contributed by atoms with van der Waals surface area (Å²) in [4.78, 5) is 0. The quantitative estimate of drug-likeness (QED) is 0.804. The van der Waals surface area contributed by atoms with Crippen molar-refractivity contribution in [1.82, 2.24) is 0 Å². The fourth-order valence-electron chi connectivity index (χ4n) is 2.61. The summed E-state index contributed by atoms with van der Waals surface area (Å²) in [5, 5.41) is 0. The minimum atomic E-state index is -0.104. The van der Waals surface area contributed by atoms with Crippen LogP contribution in [-0.2, 0) is 5.54 Å². The van der Waals surface area contributed by atoms with Gasteiger partial charge in [-0.05, 0) is 37.8 Å². The third kappa shape index (κ3) is 1.71. The van der Waals surface area contributed by atoms with Crippen LogP contribution in [0.25, 0.3) is 0 Å². The molecule has 0 radical (unpaired) electrons. The summed E-state index contributed by atoms with van der Waals surface area (Å²) in [5.74, 6) is 2.86. The van der Waals surface area contributed by atoms with E-state index < -0.39 is 0 Å². The van der Waals surface area contributed by atoms with Crippen LogP contribution in [0.15, 0.2) is 16.5 Å². The monoisotopic (exact) mass is 205 g/mol. The summed E-state index contributed by atoms with van der Waals surface area (Å²) in [6.45, 7) is 0. The van der Waals surface area contributed by atoms with E-state index in [1.165, 1.54) is 37.9 Å². The molecule has 0 aliphatic heterocycles. The van der Waals surface area contributed by atoms with Gasteiger partial charge in [0.05, 0.1) is 5.54 Å². The molecule has 1 heterocycles. The number of hydrogen-bond acceptors (Lipinski definition) is 2. The molecule has 2 saturated carbocycles. The van der Waals surface area contributed by atoms with Crippen molar-refractivity contribution < 1.29 is 4.42 Å². The fourth-order valence-corrected chi connectivity index (χ4v) is 2.61. The minimum Gasteiger partial charge on any atom is -0.464 e. The zero-order valence-electron chi connectivity index (χ0n) is 9.17. The second-order valence-corrected chi connectivity index (χ2v) is 5.19. The van der Waals surface area contributed by atoms with Crippen LogP contribution in [0.1, 0.15) is 62.4 Å². The first-order valence-electron chi connectivity index (χ1n) is 6.17. The molecular weight excluding hydrogens is 186 g/mol. The van der Waals surface area contributed by atoms with Gasteiger partial charge in [0.25, 0.3) is 0 Å². The second-order valence-electron chi connectivity index (χ2n) is 5.19. The zero-order chi connectivity index (χ0) is 10.3. The Hall–Kier alpha value is -0.760. The summed E-state index contributed by atoms with van der Waals surface area (Å²) in [6.07, 6.45) is 8.87. The molecule has 0 atom stereocenters. The lowest BCUT2D eigenvalue weighted by Gasteiger charge is -2.19. The van der Waals surface area contributed by atoms with E-state index >= 15 is 0 Å². The predicted octanol–water partition coefficient (Wildman–Crippen LogP) is 3.28. The van der Waals surface area contributed by atoms with Crippen molar-refractivity contribution in [3.05, 3.63) is 23.7 Å². The van der Waals surface area contributed by atoms with E-state index in [1.807, 2.05) is 0 Å². The molecule has 2 aliphatic carbocycles. The summed E-state index contributed by atoms with van der Waals surface area (Å²) < 4.78 is 5.93. The van der Waals surface area contributed by atoms with E-state index in [0.717, 1.165) is 18.6 Å². The van der Waals surface area contributed by atoms with Crippen LogP contribution >= 0.6 is 0 Å². The molecule has 0 amide bonds. The van der Waals surface area contributed by atoms with Crippen LogP contribution in [-0.4, -0.2) is 0 Å². The van der Waals surface area contributed by atoms with Gasteiger partial charge >= 0.3 is 0 Å². The lowest BCUT2D eigenvalue weighted by molar-refractivity contribution is 0.349. The summed E-state index contributed by atoms with van der Waals surface area (Å²) in [7, 11) is 0. The minimum absolute atomic E-state index is 0.104. The van der Waals surface area contributed by atoms with Crippen molar-refractivity contribution in [3.63, 3.8) is 0 Å². The highest BCUT2D eigenvalue weighted by molar-refractivity contribution is 5.23. The Morgan fingerprint density at radius 2 is 1.87 bits per heavy atom. The molecule has 1 aromatic rings. The van der Waals surface area contributed by atoms with Crippen molar-refractivity contribution in [1.29, 1.82) is 0 Å². The summed E-state index contributed by atoms with van der Waals surface area (Å²) in [5.41, 5.74) is 6.01. The van der Waals surface area contributed by atoms with Crippen molar-refractivity contribution in [2.45, 2.75) is 56.4 Å². The Morgan fingerprint density at radius 3 is 2.53 bits per heavy atom. The lowest BCUT2D eigenvalue weighted by Crippen LogP contribution is -2.17. The molecule has 2 heteroatoms. The molecule has 1 aromatic heterocycles. The Labute approximate surface area is 90.8 Å². The molecule has 0 saturated heterocycles. The Kier molecular flexibility index (Phi) is 2.13. The van der Waals surface area contributed by atoms with Crippen molar-refractivity contribution in [2.24, 2.45) is 5.73 Å². The van der Waals surface area contributed by atoms with Gasteiger partial charge in [-0.25, -0.2) is 0 Å². The van der Waals surface area contributed by atoms with Crippen LogP contribution in [0, 0.1) is 0 Å². The first-order chi connectivity index (χ1) is 7.28. The highest BCUT2D eigenvalue weighted by Gasteiger charge is 2.43. The third-order valence-electron chi connectivity index (χ3n) is 3.91. The average Bonchev–Trinajstić information content (AvgIpc) is 2.85. The van der Waals surface area contributed by atoms with Gasteiger partial charge < -0.3 is 10.2 Å². The van der Waals surface area contributed by atoms with Crippen molar-refractivity contribution in [2.75, 3.05) is 0 Å². The van der Waals surface area contributed by atoms with Gasteiger partial charge in [0.2, 0.25) is 0 Å². The standard InChI is InChI=1S/C13H19NO/c14-13(8-9-13)12-7-6-11(15-12)10-4-2-1-3-5-10/h6-7,10H,1-5,8-9,14H2. The van der Waals surface area contributed by atoms with E-state index in [4.69, 9.17) is 10.2 Å². The summed E-state index contributed by atoms with van der Waals surface area (Å²) in [6, 6.07) is 4.25. The molecule has 2 aliphatic rings. The SMILES string of the molecule is NC1(c2ccc(C3CCCCC3)o2)CC1. The molecule has 2 N–H and O–H groups in total. The Morgan fingerprint density at radius 1 is 1.13 bits per heavy atom. The predicted molar refractivity (Wildman–Crippen MR) is 59.6 cm³/mol. The van der Waals surface area contributed by atoms with Crippen LogP contribution in [0.5, 0.6) is 0 Å². The molecule has 0 bridgehead atoms. The highest BCUT2D eigenvalue weighted by Crippen LogP contribution is 2.44. The van der Waals surface area contributed by atoms with E-state index in [0.29, 0.717) is 5.92 Å². The van der Waals surface area contributed by atoms with Crippen LogP contribution < -0.4 is 5.73 Å². The molecule has 0 spiro atoms. The van der Waals surface area contributed by atoms with Gasteiger partial charge in [-0.1, -0.05) is 19.3 Å². The van der Waals surface area contributed by atoms with Gasteiger partial charge in [0, 0.05) is 5.92 Å². The third-order valence-corrected chi connectivity index (χ3v) is 3.91. The molecule has 0 unspecified atom stereocenters. The van der Waals surface area contributed by atoms with Crippen molar-refractivity contribution in [3.8, 4) is 0 Å². The maximum atomic E-state index is 6.12. The molecule has 3 rings (SSSR count). The van der Waals surface area contributed by atoms with Gasteiger partial charge in [0.15, 0.2) is 0 Å².